The van der Waals surface area contributed by atoms with E-state index in [9.17, 15) is 29.7 Å². The van der Waals surface area contributed by atoms with Crippen LogP contribution in [0.4, 0.5) is 0 Å². The molecule has 3 fully saturated rings. The zero-order chi connectivity index (χ0) is 66.7. The molecule has 9 heterocycles. The van der Waals surface area contributed by atoms with Gasteiger partial charge in [0.1, 0.15) is 5.15 Å². The Hall–Kier alpha value is -6.37. The van der Waals surface area contributed by atoms with Crippen LogP contribution in [-0.2, 0) is 63.4 Å². The number of hydrogen-bond donors (Lipinski definition) is 3. The summed E-state index contributed by atoms with van der Waals surface area (Å²) in [6.45, 7) is 4.22. The maximum atomic E-state index is 13.5. The van der Waals surface area contributed by atoms with Gasteiger partial charge in [-0.15, -0.1) is 11.8 Å². The van der Waals surface area contributed by atoms with Crippen molar-refractivity contribution in [2.24, 2.45) is 0 Å². The number of thioether (sulfide) groups is 1. The third-order valence-corrected chi connectivity index (χ3v) is 18.4. The van der Waals surface area contributed by atoms with Crippen LogP contribution in [0.2, 0.25) is 5.15 Å². The SMILES string of the molecule is CSc1ccc(Cc2cc3c(=O)n([C@H]4CCOC[C@@H]4O)cnc3c3ccccc23)cn1.C[S-].Cc1ccc(Cc2cc3c(=O)n([C@H]4CCOC[C@@H]4O)cnc3c3ccccc23)cn1.O=c1c2cc(Cc3ccc(Cl)nc3)c3ccccc3c2ncn1[C@H]1CCOC[C@@H]1O.[CH3-].[Cl][Zn+].[Na+]. The number of ether oxygens (including phenoxy) is 3. The molecule has 0 unspecified atom stereocenters. The normalized spacial score (nSPS) is 18.3. The van der Waals surface area contributed by atoms with Gasteiger partial charge < -0.3 is 49.6 Å². The molecule has 0 aliphatic carbocycles. The number of aliphatic hydroxyl groups excluding tert-OH is 3. The molecule has 3 aliphatic heterocycles. The van der Waals surface area contributed by atoms with Crippen LogP contribution in [0.25, 0.3) is 65.0 Å². The van der Waals surface area contributed by atoms with Crippen LogP contribution in [0.1, 0.15) is 76.5 Å². The van der Waals surface area contributed by atoms with Crippen molar-refractivity contribution < 1.29 is 76.4 Å². The number of halogens is 2. The predicted octanol–water partition coefficient (Wildman–Crippen LogP) is 8.56. The van der Waals surface area contributed by atoms with E-state index in [2.05, 4.69) is 66.8 Å². The molecule has 6 aromatic heterocycles. The van der Waals surface area contributed by atoms with Crippen molar-refractivity contribution in [2.75, 3.05) is 52.2 Å². The van der Waals surface area contributed by atoms with Gasteiger partial charge in [0.05, 0.1) is 113 Å². The van der Waals surface area contributed by atoms with Crippen molar-refractivity contribution in [3.05, 3.63) is 248 Å². The predicted molar refractivity (Wildman–Crippen MR) is 380 cm³/mol. The Balaban J connectivity index is 0.000000164. The zero-order valence-corrected chi connectivity index (χ0v) is 62.7. The third-order valence-electron chi connectivity index (χ3n) is 17.5. The number of hydrogen-bond acceptors (Lipinski definition) is 17. The van der Waals surface area contributed by atoms with E-state index in [-0.39, 0.29) is 91.6 Å². The second-order valence-corrected chi connectivity index (χ2v) is 24.5. The van der Waals surface area contributed by atoms with Gasteiger partial charge in [-0.3, -0.25) is 33.1 Å². The van der Waals surface area contributed by atoms with Gasteiger partial charge >= 0.3 is 56.6 Å². The van der Waals surface area contributed by atoms with Gasteiger partial charge in [0.2, 0.25) is 0 Å². The Labute approximate surface area is 612 Å². The summed E-state index contributed by atoms with van der Waals surface area (Å²) in [7, 11) is 4.76. The van der Waals surface area contributed by atoms with E-state index in [0.717, 1.165) is 93.7 Å². The van der Waals surface area contributed by atoms with Crippen LogP contribution >= 0.6 is 33.1 Å². The molecule has 12 aromatic rings. The minimum atomic E-state index is -0.726. The number of aromatic nitrogens is 9. The van der Waals surface area contributed by atoms with Crippen LogP contribution in [0.15, 0.2) is 184 Å². The number of benzene rings is 6. The largest absolute Gasteiger partial charge is 1.00 e. The standard InChI is InChI=1S/C24H23N3O3S.C24H23N3O3.C23H20ClN3O3.CH4S.CH3.ClH.Na.Zn/c1-31-22-7-6-15(12-25-22)10-16-11-19-23(18-5-3-2-4-17(16)18)26-14-27(24(19)29)20-8-9-30-13-21(20)28;1-15-6-7-16(12-25-15)10-17-11-20-23(19-5-3-2-4-18(17)19)26-14-27(24(20)29)21-8-9-30-13-22(21)28;24-21-6-5-14(11-25-21)9-15-10-18-22(17-4-2-1-3-16(15)17)26-13-27(23(18)29)19-7-8-30-12-20(19)28;1-2;;;;/h2-7,11-12,14,20-21,28H,8-10,13H2,1H3;2-7,11-12,14,21-22,28H,8-10,13H2,1H3;1-6,10-11,13,19-20,28H,7-9,12H2;2H,1H3;1H3;1H;;/q;;;;-1;;+1;+2/p-2/t20-,21-;21-,22-;19-,20-;;;;;/m000...../s1. The average Bonchev–Trinajstić information content (AvgIpc) is 0.769. The van der Waals surface area contributed by atoms with E-state index in [4.69, 9.17) is 35.5 Å². The molecule has 6 aromatic carbocycles. The number of aliphatic hydroxyl groups is 3. The van der Waals surface area contributed by atoms with Crippen LogP contribution < -0.4 is 46.2 Å². The molecular formula is C73H72Cl2N9NaO9S2Zn. The quantitative estimate of drug-likeness (QED) is 0.0291. The molecule has 3 N–H and O–H groups in total. The molecule has 3 saturated heterocycles. The van der Waals surface area contributed by atoms with Gasteiger partial charge in [0, 0.05) is 60.3 Å². The van der Waals surface area contributed by atoms with Crippen molar-refractivity contribution in [3.63, 3.8) is 0 Å². The molecule has 3 aliphatic rings. The first kappa shape index (κ1) is 74.8. The van der Waals surface area contributed by atoms with Gasteiger partial charge in [0.25, 0.3) is 16.7 Å². The Morgan fingerprint density at radius 2 is 0.814 bits per heavy atom. The number of nitrogens with zero attached hydrogens (tertiary/aromatic N) is 9. The van der Waals surface area contributed by atoms with E-state index < -0.39 is 18.3 Å². The van der Waals surface area contributed by atoms with E-state index >= 15 is 0 Å². The number of aryl methyl sites for hydroxylation is 1. The second-order valence-electron chi connectivity index (χ2n) is 23.3. The van der Waals surface area contributed by atoms with Crippen LogP contribution in [0.5, 0.6) is 0 Å². The summed E-state index contributed by atoms with van der Waals surface area (Å²) in [5, 5.41) is 40.2. The van der Waals surface area contributed by atoms with Crippen molar-refractivity contribution in [1.29, 1.82) is 0 Å². The fourth-order valence-electron chi connectivity index (χ4n) is 12.8. The number of rotatable bonds is 10. The summed E-state index contributed by atoms with van der Waals surface area (Å²) in [5.74, 6) is 0. The molecule has 492 valence electrons. The van der Waals surface area contributed by atoms with E-state index in [0.29, 0.717) is 96.2 Å². The van der Waals surface area contributed by atoms with Crippen LogP contribution in [-0.4, -0.2) is 129 Å². The Kier molecular flexibility index (Phi) is 27.1. The van der Waals surface area contributed by atoms with E-state index in [1.165, 1.54) is 0 Å². The molecule has 0 saturated carbocycles. The van der Waals surface area contributed by atoms with Gasteiger partial charge in [-0.1, -0.05) is 103 Å². The zero-order valence-electron chi connectivity index (χ0n) is 54.6. The van der Waals surface area contributed by atoms with Crippen LogP contribution in [0, 0.1) is 14.4 Å². The number of pyridine rings is 3. The summed E-state index contributed by atoms with van der Waals surface area (Å²) in [4.78, 5) is 67.2. The fraction of sp³-hybridized carbons (Fsp3) is 0.288. The van der Waals surface area contributed by atoms with Gasteiger partial charge in [0.15, 0.2) is 0 Å². The first-order valence-corrected chi connectivity index (χ1v) is 37.4. The van der Waals surface area contributed by atoms with Gasteiger partial charge in [-0.25, -0.2) is 24.9 Å². The molecule has 0 radical (unpaired) electrons. The van der Waals surface area contributed by atoms with E-state index in [1.807, 2.05) is 123 Å². The first-order valence-electron chi connectivity index (χ1n) is 31.1. The van der Waals surface area contributed by atoms with Crippen molar-refractivity contribution in [1.82, 2.24) is 43.6 Å². The second kappa shape index (κ2) is 35.1. The van der Waals surface area contributed by atoms with Gasteiger partial charge in [-0.2, -0.15) is 6.26 Å². The Morgan fingerprint density at radius 1 is 0.485 bits per heavy atom. The molecule has 0 bridgehead atoms. The Morgan fingerprint density at radius 3 is 1.11 bits per heavy atom. The summed E-state index contributed by atoms with van der Waals surface area (Å²) in [5.41, 5.74) is 8.97. The summed E-state index contributed by atoms with van der Waals surface area (Å²) < 4.78 is 20.7. The molecule has 97 heavy (non-hydrogen) atoms. The first-order chi connectivity index (χ1) is 46.4. The topological polar surface area (TPSA) is 232 Å². The third kappa shape index (κ3) is 16.8. The smallest absolute Gasteiger partial charge is 1.00 e. The molecule has 15 rings (SSSR count). The summed E-state index contributed by atoms with van der Waals surface area (Å²) >= 11 is 12.5. The minimum absolute atomic E-state index is 0. The maximum absolute atomic E-state index is 13.5. The van der Waals surface area contributed by atoms with E-state index in [1.54, 1.807) is 63.0 Å². The fourth-order valence-corrected chi connectivity index (χ4v) is 13.3. The number of fused-ring (bicyclic) bond motifs is 9. The monoisotopic (exact) mass is 1440 g/mol. The molecular weight excluding hydrogens is 1370 g/mol. The van der Waals surface area contributed by atoms with Crippen molar-refractivity contribution in [3.8, 4) is 0 Å². The molecule has 6 atom stereocenters. The summed E-state index contributed by atoms with van der Waals surface area (Å²) in [6, 6.07) is 40.8. The average molecular weight is 1440 g/mol. The summed E-state index contributed by atoms with van der Waals surface area (Å²) in [6.07, 6.45) is 15.4. The van der Waals surface area contributed by atoms with Crippen LogP contribution in [0.3, 0.4) is 0 Å². The van der Waals surface area contributed by atoms with Gasteiger partial charge in [-0.05, 0) is 138 Å². The van der Waals surface area contributed by atoms with Crippen molar-refractivity contribution >= 4 is 111 Å². The molecule has 18 nitrogen and oxygen atoms in total. The minimum Gasteiger partial charge on any atom is 1.00 e. The molecule has 0 amide bonds. The maximum Gasteiger partial charge on any atom is 1.00 e. The Bertz CT molecular complexity index is 4670. The molecule has 0 spiro atoms. The molecule has 24 heteroatoms. The van der Waals surface area contributed by atoms with Crippen molar-refractivity contribution in [2.45, 2.75) is 86.9 Å².